The van der Waals surface area contributed by atoms with E-state index in [4.69, 9.17) is 0 Å². The summed E-state index contributed by atoms with van der Waals surface area (Å²) >= 11 is 0. The summed E-state index contributed by atoms with van der Waals surface area (Å²) in [7, 11) is 1.87. The van der Waals surface area contributed by atoms with Gasteiger partial charge in [0, 0.05) is 12.7 Å². The van der Waals surface area contributed by atoms with Crippen LogP contribution in [0.3, 0.4) is 0 Å². The SMILES string of the molecule is C[C@H](NC(=O)CN(C)c1ccccc1)c1ccc(F)cc1. The number of hydrogen-bond acceptors (Lipinski definition) is 2. The number of benzene rings is 2. The zero-order chi connectivity index (χ0) is 15.2. The zero-order valence-corrected chi connectivity index (χ0v) is 12.2. The minimum Gasteiger partial charge on any atom is -0.365 e. The highest BCUT2D eigenvalue weighted by atomic mass is 19.1. The Morgan fingerprint density at radius 2 is 1.76 bits per heavy atom. The van der Waals surface area contributed by atoms with Gasteiger partial charge in [0.1, 0.15) is 5.82 Å². The summed E-state index contributed by atoms with van der Waals surface area (Å²) in [6, 6.07) is 15.7. The Balaban J connectivity index is 1.91. The summed E-state index contributed by atoms with van der Waals surface area (Å²) in [5.41, 5.74) is 1.87. The van der Waals surface area contributed by atoms with E-state index in [-0.39, 0.29) is 24.3 Å². The molecule has 110 valence electrons. The van der Waals surface area contributed by atoms with E-state index in [0.717, 1.165) is 11.3 Å². The zero-order valence-electron chi connectivity index (χ0n) is 12.2. The minimum absolute atomic E-state index is 0.0711. The normalized spacial score (nSPS) is 11.8. The van der Waals surface area contributed by atoms with Crippen LogP contribution in [0.15, 0.2) is 54.6 Å². The van der Waals surface area contributed by atoms with Crippen LogP contribution in [0, 0.1) is 5.82 Å². The average Bonchev–Trinajstić information content (AvgIpc) is 2.48. The second-order valence-electron chi connectivity index (χ2n) is 5.03. The van der Waals surface area contributed by atoms with E-state index in [2.05, 4.69) is 5.32 Å². The number of carbonyl (C=O) groups excluding carboxylic acids is 1. The first kappa shape index (κ1) is 15.0. The fourth-order valence-electron chi connectivity index (χ4n) is 2.11. The van der Waals surface area contributed by atoms with Crippen LogP contribution >= 0.6 is 0 Å². The number of likely N-dealkylation sites (N-methyl/N-ethyl adjacent to an activating group) is 1. The first-order valence-electron chi connectivity index (χ1n) is 6.87. The Morgan fingerprint density at radius 3 is 2.38 bits per heavy atom. The van der Waals surface area contributed by atoms with Crippen LogP contribution in [0.2, 0.25) is 0 Å². The lowest BCUT2D eigenvalue weighted by Gasteiger charge is -2.21. The van der Waals surface area contributed by atoms with E-state index in [9.17, 15) is 9.18 Å². The van der Waals surface area contributed by atoms with Crippen molar-refractivity contribution < 1.29 is 9.18 Å². The van der Waals surface area contributed by atoms with Crippen LogP contribution in [0.5, 0.6) is 0 Å². The van der Waals surface area contributed by atoms with Gasteiger partial charge in [-0.1, -0.05) is 30.3 Å². The molecule has 0 aliphatic heterocycles. The smallest absolute Gasteiger partial charge is 0.239 e. The predicted octanol–water partition coefficient (Wildman–Crippen LogP) is 3.14. The van der Waals surface area contributed by atoms with E-state index in [1.807, 2.05) is 49.2 Å². The molecule has 0 aliphatic rings. The van der Waals surface area contributed by atoms with Gasteiger partial charge in [0.25, 0.3) is 0 Å². The molecule has 3 nitrogen and oxygen atoms in total. The van der Waals surface area contributed by atoms with Crippen LogP contribution in [0.4, 0.5) is 10.1 Å². The molecule has 2 aromatic rings. The number of nitrogens with zero attached hydrogens (tertiary/aromatic N) is 1. The molecule has 4 heteroatoms. The minimum atomic E-state index is -0.277. The highest BCUT2D eigenvalue weighted by molar-refractivity contribution is 5.81. The van der Waals surface area contributed by atoms with E-state index in [0.29, 0.717) is 0 Å². The third kappa shape index (κ3) is 4.31. The molecule has 0 fully saturated rings. The number of halogens is 1. The van der Waals surface area contributed by atoms with E-state index < -0.39 is 0 Å². The number of amides is 1. The number of para-hydroxylation sites is 1. The molecular formula is C17H19FN2O. The molecule has 2 rings (SSSR count). The topological polar surface area (TPSA) is 32.3 Å². The maximum Gasteiger partial charge on any atom is 0.239 e. The number of rotatable bonds is 5. The fraction of sp³-hybridized carbons (Fsp3) is 0.235. The summed E-state index contributed by atoms with van der Waals surface area (Å²) in [6.45, 7) is 2.16. The van der Waals surface area contributed by atoms with Gasteiger partial charge in [-0.2, -0.15) is 0 Å². The molecule has 21 heavy (non-hydrogen) atoms. The molecule has 1 atom stereocenters. The van der Waals surface area contributed by atoms with Crippen LogP contribution in [-0.4, -0.2) is 19.5 Å². The van der Waals surface area contributed by atoms with Crippen molar-refractivity contribution >= 4 is 11.6 Å². The predicted molar refractivity (Wildman–Crippen MR) is 82.7 cm³/mol. The Labute approximate surface area is 124 Å². The van der Waals surface area contributed by atoms with Crippen LogP contribution < -0.4 is 10.2 Å². The number of carbonyl (C=O) groups is 1. The first-order valence-corrected chi connectivity index (χ1v) is 6.87. The molecule has 0 unspecified atom stereocenters. The molecule has 1 N–H and O–H groups in total. The van der Waals surface area contributed by atoms with Gasteiger partial charge in [-0.05, 0) is 36.8 Å². The molecule has 0 aromatic heterocycles. The Kier molecular flexibility index (Phi) is 4.93. The van der Waals surface area contributed by atoms with Crippen molar-refractivity contribution in [2.75, 3.05) is 18.5 Å². The third-order valence-electron chi connectivity index (χ3n) is 3.33. The molecule has 0 bridgehead atoms. The summed E-state index contributed by atoms with van der Waals surface area (Å²) in [6.07, 6.45) is 0. The summed E-state index contributed by atoms with van der Waals surface area (Å²) in [5, 5.41) is 2.91. The van der Waals surface area contributed by atoms with Crippen LogP contribution in [0.1, 0.15) is 18.5 Å². The monoisotopic (exact) mass is 286 g/mol. The lowest BCUT2D eigenvalue weighted by atomic mass is 10.1. The molecule has 1 amide bonds. The summed E-state index contributed by atoms with van der Waals surface area (Å²) in [4.78, 5) is 13.9. The second kappa shape index (κ2) is 6.88. The molecule has 0 saturated heterocycles. The second-order valence-corrected chi connectivity index (χ2v) is 5.03. The molecule has 2 aromatic carbocycles. The molecule has 0 radical (unpaired) electrons. The fourth-order valence-corrected chi connectivity index (χ4v) is 2.11. The maximum absolute atomic E-state index is 12.9. The molecule has 0 saturated carbocycles. The Morgan fingerprint density at radius 1 is 1.14 bits per heavy atom. The van der Waals surface area contributed by atoms with E-state index >= 15 is 0 Å². The quantitative estimate of drug-likeness (QED) is 0.916. The maximum atomic E-state index is 12.9. The number of anilines is 1. The van der Waals surface area contributed by atoms with Crippen molar-refractivity contribution in [1.82, 2.24) is 5.32 Å². The molecule has 0 heterocycles. The average molecular weight is 286 g/mol. The van der Waals surface area contributed by atoms with Crippen LogP contribution in [0.25, 0.3) is 0 Å². The van der Waals surface area contributed by atoms with Gasteiger partial charge in [-0.3, -0.25) is 4.79 Å². The van der Waals surface area contributed by atoms with Crippen molar-refractivity contribution in [1.29, 1.82) is 0 Å². The molecule has 0 spiro atoms. The Hall–Kier alpha value is -2.36. The third-order valence-corrected chi connectivity index (χ3v) is 3.33. The summed E-state index contributed by atoms with van der Waals surface area (Å²) < 4.78 is 12.9. The van der Waals surface area contributed by atoms with Crippen molar-refractivity contribution in [3.8, 4) is 0 Å². The van der Waals surface area contributed by atoms with Crippen molar-refractivity contribution in [2.45, 2.75) is 13.0 Å². The number of nitrogens with one attached hydrogen (secondary N) is 1. The molecule has 0 aliphatic carbocycles. The highest BCUT2D eigenvalue weighted by Gasteiger charge is 2.11. The highest BCUT2D eigenvalue weighted by Crippen LogP contribution is 2.14. The van der Waals surface area contributed by atoms with Gasteiger partial charge in [0.05, 0.1) is 12.6 Å². The van der Waals surface area contributed by atoms with Crippen molar-refractivity contribution in [3.63, 3.8) is 0 Å². The van der Waals surface area contributed by atoms with Gasteiger partial charge >= 0.3 is 0 Å². The van der Waals surface area contributed by atoms with Crippen molar-refractivity contribution in [2.24, 2.45) is 0 Å². The lowest BCUT2D eigenvalue weighted by Crippen LogP contribution is -2.36. The van der Waals surface area contributed by atoms with Gasteiger partial charge in [0.2, 0.25) is 5.91 Å². The van der Waals surface area contributed by atoms with Gasteiger partial charge < -0.3 is 10.2 Å². The van der Waals surface area contributed by atoms with E-state index in [1.54, 1.807) is 12.1 Å². The van der Waals surface area contributed by atoms with Crippen molar-refractivity contribution in [3.05, 3.63) is 66.0 Å². The van der Waals surface area contributed by atoms with Crippen LogP contribution in [-0.2, 0) is 4.79 Å². The van der Waals surface area contributed by atoms with Gasteiger partial charge in [-0.25, -0.2) is 4.39 Å². The van der Waals surface area contributed by atoms with E-state index in [1.165, 1.54) is 12.1 Å². The standard InChI is InChI=1S/C17H19FN2O/c1-13(14-8-10-15(18)11-9-14)19-17(21)12-20(2)16-6-4-3-5-7-16/h3-11,13H,12H2,1-2H3,(H,19,21)/t13-/m0/s1. The molecular weight excluding hydrogens is 267 g/mol. The Bertz CT molecular complexity index is 583. The lowest BCUT2D eigenvalue weighted by molar-refractivity contribution is -0.120. The largest absolute Gasteiger partial charge is 0.365 e. The number of hydrogen-bond donors (Lipinski definition) is 1. The summed E-state index contributed by atoms with van der Waals surface area (Å²) in [5.74, 6) is -0.348. The van der Waals surface area contributed by atoms with Gasteiger partial charge in [0.15, 0.2) is 0 Å². The first-order chi connectivity index (χ1) is 10.1. The van der Waals surface area contributed by atoms with Gasteiger partial charge in [-0.15, -0.1) is 0 Å².